The SMILES string of the molecule is CC[C@]12CC[C@@](C)(O)C[C@H]1CC[C@H]1[C@@H]3CCC[C@H](C(=O)Cn4nnnc4C)[C@H]3CC[C@@H]12. The molecule has 4 saturated carbocycles. The van der Waals surface area contributed by atoms with Gasteiger partial charge in [0, 0.05) is 5.92 Å². The quantitative estimate of drug-likeness (QED) is 0.771. The van der Waals surface area contributed by atoms with Gasteiger partial charge in [0.25, 0.3) is 0 Å². The molecule has 5 rings (SSSR count). The molecule has 0 radical (unpaired) electrons. The van der Waals surface area contributed by atoms with Crippen LogP contribution in [0.3, 0.4) is 0 Å². The minimum absolute atomic E-state index is 0.186. The van der Waals surface area contributed by atoms with Crippen molar-refractivity contribution in [2.45, 2.75) is 104 Å². The maximum Gasteiger partial charge on any atom is 0.157 e. The van der Waals surface area contributed by atoms with Crippen molar-refractivity contribution in [3.63, 3.8) is 0 Å². The van der Waals surface area contributed by atoms with Gasteiger partial charge < -0.3 is 5.11 Å². The summed E-state index contributed by atoms with van der Waals surface area (Å²) in [7, 11) is 0. The monoisotopic (exact) mass is 428 g/mol. The van der Waals surface area contributed by atoms with Crippen LogP contribution in [-0.4, -0.2) is 36.7 Å². The summed E-state index contributed by atoms with van der Waals surface area (Å²) in [5.41, 5.74) is -0.0410. The number of aromatic nitrogens is 4. The van der Waals surface area contributed by atoms with Crippen molar-refractivity contribution in [1.29, 1.82) is 0 Å². The van der Waals surface area contributed by atoms with Crippen LogP contribution < -0.4 is 0 Å². The van der Waals surface area contributed by atoms with E-state index in [0.717, 1.165) is 36.9 Å². The van der Waals surface area contributed by atoms with Crippen LogP contribution in [0.4, 0.5) is 0 Å². The molecule has 4 aliphatic rings. The fraction of sp³-hybridized carbons (Fsp3) is 0.920. The number of aryl methyl sites for hydroxylation is 1. The highest BCUT2D eigenvalue weighted by molar-refractivity contribution is 5.81. The van der Waals surface area contributed by atoms with Gasteiger partial charge in [-0.3, -0.25) is 4.79 Å². The summed E-state index contributed by atoms with van der Waals surface area (Å²) in [5.74, 6) is 4.78. The fourth-order valence-electron chi connectivity index (χ4n) is 8.86. The van der Waals surface area contributed by atoms with Gasteiger partial charge in [-0.05, 0) is 123 Å². The Balaban J connectivity index is 1.35. The minimum atomic E-state index is -0.468. The van der Waals surface area contributed by atoms with E-state index in [-0.39, 0.29) is 5.92 Å². The first-order valence-corrected chi connectivity index (χ1v) is 12.8. The summed E-state index contributed by atoms with van der Waals surface area (Å²) in [6, 6.07) is 0. The molecule has 31 heavy (non-hydrogen) atoms. The van der Waals surface area contributed by atoms with E-state index in [2.05, 4.69) is 29.4 Å². The molecule has 1 aromatic rings. The Morgan fingerprint density at radius 1 is 1.10 bits per heavy atom. The van der Waals surface area contributed by atoms with Gasteiger partial charge in [0.15, 0.2) is 5.78 Å². The second kappa shape index (κ2) is 7.93. The van der Waals surface area contributed by atoms with Crippen molar-refractivity contribution >= 4 is 5.78 Å². The molecule has 1 aromatic heterocycles. The average Bonchev–Trinajstić information content (AvgIpc) is 3.16. The lowest BCUT2D eigenvalue weighted by Crippen LogP contribution is -2.56. The van der Waals surface area contributed by atoms with Gasteiger partial charge in [-0.15, -0.1) is 5.10 Å². The van der Waals surface area contributed by atoms with Gasteiger partial charge in [0.2, 0.25) is 0 Å². The van der Waals surface area contributed by atoms with Crippen LogP contribution in [0.5, 0.6) is 0 Å². The first-order valence-electron chi connectivity index (χ1n) is 12.8. The molecule has 0 saturated heterocycles. The average molecular weight is 429 g/mol. The number of fused-ring (bicyclic) bond motifs is 5. The van der Waals surface area contributed by atoms with Crippen molar-refractivity contribution in [2.75, 3.05) is 0 Å². The number of nitrogens with zero attached hydrogens (tertiary/aromatic N) is 4. The Labute approximate surface area is 186 Å². The van der Waals surface area contributed by atoms with Crippen LogP contribution in [0.1, 0.15) is 90.3 Å². The van der Waals surface area contributed by atoms with E-state index in [9.17, 15) is 9.90 Å². The van der Waals surface area contributed by atoms with E-state index in [1.54, 1.807) is 4.68 Å². The Morgan fingerprint density at radius 2 is 1.90 bits per heavy atom. The molecule has 6 heteroatoms. The fourth-order valence-corrected chi connectivity index (χ4v) is 8.86. The number of Topliss-reactive ketones (excluding diaryl/α,β-unsaturated/α-hetero) is 1. The lowest BCUT2D eigenvalue weighted by Gasteiger charge is -2.62. The molecule has 0 bridgehead atoms. The summed E-state index contributed by atoms with van der Waals surface area (Å²) < 4.78 is 1.67. The van der Waals surface area contributed by atoms with Crippen molar-refractivity contribution in [2.24, 2.45) is 40.9 Å². The maximum absolute atomic E-state index is 13.3. The predicted molar refractivity (Wildman–Crippen MR) is 118 cm³/mol. The molecule has 0 aliphatic heterocycles. The van der Waals surface area contributed by atoms with E-state index in [1.807, 2.05) is 6.92 Å². The number of tetrazole rings is 1. The molecule has 4 aliphatic carbocycles. The highest BCUT2D eigenvalue weighted by Gasteiger charge is 2.58. The Hall–Kier alpha value is -1.30. The Kier molecular flexibility index (Phi) is 5.51. The number of ketones is 1. The topological polar surface area (TPSA) is 80.9 Å². The lowest BCUT2D eigenvalue weighted by atomic mass is 9.43. The second-order valence-corrected chi connectivity index (χ2v) is 11.6. The first kappa shape index (κ1) is 21.5. The van der Waals surface area contributed by atoms with E-state index in [1.165, 1.54) is 51.4 Å². The number of hydrogen-bond acceptors (Lipinski definition) is 5. The zero-order valence-electron chi connectivity index (χ0n) is 19.6. The molecule has 0 aromatic carbocycles. The first-order chi connectivity index (χ1) is 14.8. The number of carbonyl (C=O) groups excluding carboxylic acids is 1. The molecule has 0 unspecified atom stereocenters. The van der Waals surface area contributed by atoms with Crippen molar-refractivity contribution in [3.8, 4) is 0 Å². The van der Waals surface area contributed by atoms with Crippen LogP contribution in [0.2, 0.25) is 0 Å². The van der Waals surface area contributed by atoms with E-state index in [4.69, 9.17) is 0 Å². The van der Waals surface area contributed by atoms with Gasteiger partial charge in [0.05, 0.1) is 5.60 Å². The molecular weight excluding hydrogens is 388 g/mol. The van der Waals surface area contributed by atoms with E-state index < -0.39 is 5.60 Å². The largest absolute Gasteiger partial charge is 0.390 e. The summed E-state index contributed by atoms with van der Waals surface area (Å²) in [5, 5.41) is 22.4. The molecule has 172 valence electrons. The third-order valence-corrected chi connectivity index (χ3v) is 10.3. The summed E-state index contributed by atoms with van der Waals surface area (Å²) in [4.78, 5) is 13.3. The molecule has 0 spiro atoms. The number of rotatable bonds is 4. The summed E-state index contributed by atoms with van der Waals surface area (Å²) in [6.45, 7) is 6.66. The number of hydrogen-bond donors (Lipinski definition) is 1. The van der Waals surface area contributed by atoms with Gasteiger partial charge >= 0.3 is 0 Å². The molecule has 6 nitrogen and oxygen atoms in total. The van der Waals surface area contributed by atoms with Gasteiger partial charge in [0.1, 0.15) is 12.4 Å². The van der Waals surface area contributed by atoms with Gasteiger partial charge in [-0.2, -0.15) is 0 Å². The molecular formula is C25H40N4O2. The van der Waals surface area contributed by atoms with Crippen LogP contribution in [0.25, 0.3) is 0 Å². The smallest absolute Gasteiger partial charge is 0.157 e. The van der Waals surface area contributed by atoms with Crippen molar-refractivity contribution < 1.29 is 9.90 Å². The maximum atomic E-state index is 13.3. The van der Waals surface area contributed by atoms with Crippen LogP contribution in [0, 0.1) is 47.8 Å². The predicted octanol–water partition coefficient (Wildman–Crippen LogP) is 4.35. The van der Waals surface area contributed by atoms with Gasteiger partial charge in [-0.1, -0.05) is 13.3 Å². The number of carbonyl (C=O) groups is 1. The molecule has 4 fully saturated rings. The third kappa shape index (κ3) is 3.57. The lowest BCUT2D eigenvalue weighted by molar-refractivity contribution is -0.157. The van der Waals surface area contributed by atoms with E-state index in [0.29, 0.717) is 35.5 Å². The molecule has 8 atom stereocenters. The highest BCUT2D eigenvalue weighted by Crippen LogP contribution is 2.65. The van der Waals surface area contributed by atoms with E-state index >= 15 is 0 Å². The zero-order chi connectivity index (χ0) is 21.8. The molecule has 1 N–H and O–H groups in total. The van der Waals surface area contributed by atoms with Crippen molar-refractivity contribution in [3.05, 3.63) is 5.82 Å². The number of aliphatic hydroxyl groups is 1. The molecule has 1 heterocycles. The van der Waals surface area contributed by atoms with Crippen molar-refractivity contribution in [1.82, 2.24) is 20.2 Å². The molecule has 0 amide bonds. The Morgan fingerprint density at radius 3 is 2.65 bits per heavy atom. The van der Waals surface area contributed by atoms with Gasteiger partial charge in [-0.25, -0.2) is 4.68 Å². The second-order valence-electron chi connectivity index (χ2n) is 11.6. The Bertz CT molecular complexity index is 820. The highest BCUT2D eigenvalue weighted by atomic mass is 16.3. The zero-order valence-corrected chi connectivity index (χ0v) is 19.6. The standard InChI is InChI=1S/C25H40N4O2/c1-4-25-13-12-24(3,31)14-17(25)8-9-20-18-6-5-7-21(19(18)10-11-22(20)25)23(30)15-29-16(2)26-27-28-29/h17-22,31H,4-15H2,1-3H3/t17-,18-,19+,20+,21+,22+,24-,25+/m1/s1. The minimum Gasteiger partial charge on any atom is -0.390 e. The van der Waals surface area contributed by atoms with Crippen LogP contribution >= 0.6 is 0 Å². The third-order valence-electron chi connectivity index (χ3n) is 10.3. The van der Waals surface area contributed by atoms with Crippen LogP contribution in [-0.2, 0) is 11.3 Å². The summed E-state index contributed by atoms with van der Waals surface area (Å²) in [6.07, 6.45) is 13.0. The normalized spacial score (nSPS) is 44.8. The summed E-state index contributed by atoms with van der Waals surface area (Å²) >= 11 is 0. The van der Waals surface area contributed by atoms with Crippen LogP contribution in [0.15, 0.2) is 0 Å².